The molecule has 0 aliphatic heterocycles. The minimum Gasteiger partial charge on any atom is -0.504 e. The molecule has 28 heavy (non-hydrogen) atoms. The number of nitrogens with zero attached hydrogens (tertiary/aromatic N) is 1. The van der Waals surface area contributed by atoms with Gasteiger partial charge in [-0.05, 0) is 49.2 Å². The van der Waals surface area contributed by atoms with Crippen LogP contribution >= 0.6 is 0 Å². The van der Waals surface area contributed by atoms with Gasteiger partial charge >= 0.3 is 0 Å². The Morgan fingerprint density at radius 1 is 1.21 bits per heavy atom. The maximum absolute atomic E-state index is 12.9. The van der Waals surface area contributed by atoms with E-state index in [9.17, 15) is 14.7 Å². The number of hydrogen-bond acceptors (Lipinski definition) is 5. The molecule has 2 aromatic rings. The number of benzene rings is 1. The number of allylic oxidation sites excluding steroid dienone is 2. The standard InChI is InChI=1S/C23H25NO4/c1-10(2)13-7-6-11(3)16-17(13)14-9-24-20-19(15(25)8-12(4)21(20)26)18(14)23(28-5)22(16)27/h8-11,13,27H,6-7H2,1-5H3/t11-,13+/m0/s1. The Labute approximate surface area is 164 Å². The van der Waals surface area contributed by atoms with Crippen molar-refractivity contribution in [1.29, 1.82) is 0 Å². The van der Waals surface area contributed by atoms with Gasteiger partial charge in [0.25, 0.3) is 0 Å². The third-order valence-corrected chi connectivity index (χ3v) is 6.31. The first-order chi connectivity index (χ1) is 13.3. The van der Waals surface area contributed by atoms with E-state index in [1.165, 1.54) is 13.2 Å². The van der Waals surface area contributed by atoms with Crippen molar-refractivity contribution in [2.45, 2.75) is 52.4 Å². The van der Waals surface area contributed by atoms with E-state index in [2.05, 4.69) is 25.8 Å². The summed E-state index contributed by atoms with van der Waals surface area (Å²) < 4.78 is 5.58. The molecule has 2 aliphatic carbocycles. The lowest BCUT2D eigenvalue weighted by molar-refractivity contribution is 0.0981. The normalized spacial score (nSPS) is 21.6. The number of carbonyl (C=O) groups is 2. The lowest BCUT2D eigenvalue weighted by Gasteiger charge is -2.35. The monoisotopic (exact) mass is 379 g/mol. The minimum absolute atomic E-state index is 0.0859. The van der Waals surface area contributed by atoms with E-state index >= 15 is 0 Å². The second kappa shape index (κ2) is 6.43. The van der Waals surface area contributed by atoms with Crippen LogP contribution in [-0.2, 0) is 0 Å². The molecule has 146 valence electrons. The van der Waals surface area contributed by atoms with Crippen LogP contribution in [0.5, 0.6) is 11.5 Å². The number of carbonyl (C=O) groups excluding carboxylic acids is 2. The van der Waals surface area contributed by atoms with Gasteiger partial charge < -0.3 is 9.84 Å². The van der Waals surface area contributed by atoms with Gasteiger partial charge in [0, 0.05) is 28.1 Å². The van der Waals surface area contributed by atoms with Crippen molar-refractivity contribution in [3.8, 4) is 11.5 Å². The van der Waals surface area contributed by atoms with Gasteiger partial charge in [-0.1, -0.05) is 20.8 Å². The molecule has 1 aromatic heterocycles. The molecule has 0 amide bonds. The highest BCUT2D eigenvalue weighted by Crippen LogP contribution is 2.54. The molecule has 2 atom stereocenters. The summed E-state index contributed by atoms with van der Waals surface area (Å²) in [7, 11) is 1.48. The zero-order chi connectivity index (χ0) is 20.3. The van der Waals surface area contributed by atoms with E-state index in [0.29, 0.717) is 16.9 Å². The Hall–Kier alpha value is -2.69. The van der Waals surface area contributed by atoms with Gasteiger partial charge in [0.15, 0.2) is 17.3 Å². The number of methoxy groups -OCH3 is 1. The molecule has 4 rings (SSSR count). The average molecular weight is 379 g/mol. The summed E-state index contributed by atoms with van der Waals surface area (Å²) in [6, 6.07) is 0. The summed E-state index contributed by atoms with van der Waals surface area (Å²) in [6.07, 6.45) is 5.03. The second-order valence-electron chi connectivity index (χ2n) is 8.33. The second-order valence-corrected chi connectivity index (χ2v) is 8.33. The van der Waals surface area contributed by atoms with Gasteiger partial charge in [-0.3, -0.25) is 14.6 Å². The fourth-order valence-corrected chi connectivity index (χ4v) is 4.88. The Morgan fingerprint density at radius 3 is 2.57 bits per heavy atom. The molecule has 0 fully saturated rings. The molecule has 1 heterocycles. The van der Waals surface area contributed by atoms with Crippen LogP contribution in [0.1, 0.15) is 84.3 Å². The van der Waals surface area contributed by atoms with E-state index in [1.54, 1.807) is 13.1 Å². The number of Topliss-reactive ketones (excluding diaryl/α,β-unsaturated/α-hetero) is 1. The molecule has 5 heteroatoms. The summed E-state index contributed by atoms with van der Waals surface area (Å²) in [5.74, 6) is 0.617. The average Bonchev–Trinajstić information content (AvgIpc) is 2.65. The fraction of sp³-hybridized carbons (Fsp3) is 0.435. The number of fused-ring (bicyclic) bond motifs is 5. The van der Waals surface area contributed by atoms with Crippen molar-refractivity contribution < 1.29 is 19.4 Å². The van der Waals surface area contributed by atoms with Crippen LogP contribution in [0.25, 0.3) is 10.8 Å². The summed E-state index contributed by atoms with van der Waals surface area (Å²) in [6.45, 7) is 8.06. The van der Waals surface area contributed by atoms with Crippen molar-refractivity contribution in [3.05, 3.63) is 40.2 Å². The topological polar surface area (TPSA) is 76.5 Å². The third-order valence-electron chi connectivity index (χ3n) is 6.31. The van der Waals surface area contributed by atoms with Gasteiger partial charge in [-0.25, -0.2) is 0 Å². The van der Waals surface area contributed by atoms with Crippen molar-refractivity contribution >= 4 is 22.3 Å². The van der Waals surface area contributed by atoms with E-state index in [0.717, 1.165) is 29.4 Å². The minimum atomic E-state index is -0.271. The van der Waals surface area contributed by atoms with Crippen LogP contribution < -0.4 is 4.74 Å². The number of phenolic OH excluding ortho intramolecular Hbond substituents is 1. The molecule has 0 saturated heterocycles. The van der Waals surface area contributed by atoms with Crippen molar-refractivity contribution in [3.63, 3.8) is 0 Å². The first-order valence-corrected chi connectivity index (χ1v) is 9.80. The molecule has 5 nitrogen and oxygen atoms in total. The van der Waals surface area contributed by atoms with Crippen molar-refractivity contribution in [2.24, 2.45) is 5.92 Å². The molecule has 0 bridgehead atoms. The van der Waals surface area contributed by atoms with Gasteiger partial charge in [0.1, 0.15) is 5.69 Å². The molecule has 0 radical (unpaired) electrons. The lowest BCUT2D eigenvalue weighted by atomic mass is 9.70. The highest BCUT2D eigenvalue weighted by Gasteiger charge is 2.36. The van der Waals surface area contributed by atoms with Crippen LogP contribution in [0.2, 0.25) is 0 Å². The van der Waals surface area contributed by atoms with Crippen LogP contribution in [0, 0.1) is 5.92 Å². The summed E-state index contributed by atoms with van der Waals surface area (Å²) in [4.78, 5) is 29.9. The smallest absolute Gasteiger partial charge is 0.207 e. The quantitative estimate of drug-likeness (QED) is 0.802. The van der Waals surface area contributed by atoms with E-state index in [-0.39, 0.29) is 46.2 Å². The predicted molar refractivity (Wildman–Crippen MR) is 108 cm³/mol. The maximum Gasteiger partial charge on any atom is 0.207 e. The summed E-state index contributed by atoms with van der Waals surface area (Å²) in [5.41, 5.74) is 2.68. The van der Waals surface area contributed by atoms with Gasteiger partial charge in [-0.15, -0.1) is 0 Å². The van der Waals surface area contributed by atoms with Crippen LogP contribution in [0.3, 0.4) is 0 Å². The van der Waals surface area contributed by atoms with Gasteiger partial charge in [0.2, 0.25) is 5.78 Å². The lowest BCUT2D eigenvalue weighted by Crippen LogP contribution is -2.21. The molecular formula is C23H25NO4. The van der Waals surface area contributed by atoms with Crippen LogP contribution in [0.15, 0.2) is 17.8 Å². The number of ether oxygens (including phenoxy) is 1. The van der Waals surface area contributed by atoms with Crippen LogP contribution in [-0.4, -0.2) is 28.8 Å². The van der Waals surface area contributed by atoms with Gasteiger partial charge in [0.05, 0.1) is 12.7 Å². The molecule has 1 aromatic carbocycles. The Bertz CT molecular complexity index is 1060. The summed E-state index contributed by atoms with van der Waals surface area (Å²) in [5, 5.41) is 12.5. The SMILES string of the molecule is COc1c(O)c2c(c3cnc4c(c13)C(=O)C=C(C)C4=O)[C@@H](C(C)C)CC[C@@H]2C. The van der Waals surface area contributed by atoms with Gasteiger partial charge in [-0.2, -0.15) is 0 Å². The zero-order valence-corrected chi connectivity index (χ0v) is 16.9. The largest absolute Gasteiger partial charge is 0.504 e. The number of aromatic nitrogens is 1. The number of rotatable bonds is 2. The molecule has 0 saturated carbocycles. The Morgan fingerprint density at radius 2 is 1.93 bits per heavy atom. The fourth-order valence-electron chi connectivity index (χ4n) is 4.88. The van der Waals surface area contributed by atoms with E-state index in [4.69, 9.17) is 4.74 Å². The number of pyridine rings is 1. The number of hydrogen-bond donors (Lipinski definition) is 1. The molecule has 0 spiro atoms. The first kappa shape index (κ1) is 18.7. The predicted octanol–water partition coefficient (Wildman–Crippen LogP) is 4.91. The van der Waals surface area contributed by atoms with E-state index in [1.807, 2.05) is 0 Å². The molecular weight excluding hydrogens is 354 g/mol. The highest BCUT2D eigenvalue weighted by molar-refractivity contribution is 6.28. The maximum atomic E-state index is 12.9. The highest BCUT2D eigenvalue weighted by atomic mass is 16.5. The summed E-state index contributed by atoms with van der Waals surface area (Å²) >= 11 is 0. The number of ketones is 2. The van der Waals surface area contributed by atoms with E-state index < -0.39 is 0 Å². The first-order valence-electron chi connectivity index (χ1n) is 9.80. The molecule has 2 aliphatic rings. The number of phenols is 1. The molecule has 1 N–H and O–H groups in total. The Balaban J connectivity index is 2.20. The number of aromatic hydroxyl groups is 1. The third kappa shape index (κ3) is 2.42. The van der Waals surface area contributed by atoms with Crippen LogP contribution in [0.4, 0.5) is 0 Å². The van der Waals surface area contributed by atoms with Crippen molar-refractivity contribution in [2.75, 3.05) is 7.11 Å². The van der Waals surface area contributed by atoms with Crippen molar-refractivity contribution in [1.82, 2.24) is 4.98 Å². The molecule has 0 unspecified atom stereocenters. The zero-order valence-electron chi connectivity index (χ0n) is 16.9. The Kier molecular flexibility index (Phi) is 4.29.